The van der Waals surface area contributed by atoms with Crippen LogP contribution < -0.4 is 5.32 Å². The molecule has 0 amide bonds. The van der Waals surface area contributed by atoms with Gasteiger partial charge in [-0.15, -0.1) is 0 Å². The molecule has 0 spiro atoms. The van der Waals surface area contributed by atoms with E-state index in [-0.39, 0.29) is 0 Å². The third-order valence-corrected chi connectivity index (χ3v) is 3.38. The van der Waals surface area contributed by atoms with E-state index in [1.54, 1.807) is 31.3 Å². The van der Waals surface area contributed by atoms with E-state index in [0.29, 0.717) is 10.6 Å². The zero-order valence-electron chi connectivity index (χ0n) is 11.0. The number of halogens is 5. The third-order valence-electron chi connectivity index (χ3n) is 3.12. The van der Waals surface area contributed by atoms with Crippen LogP contribution in [0, 0.1) is 5.82 Å². The lowest BCUT2D eigenvalue weighted by atomic mass is 9.97. The summed E-state index contributed by atoms with van der Waals surface area (Å²) in [5, 5.41) is 3.50. The van der Waals surface area contributed by atoms with E-state index in [4.69, 9.17) is 11.6 Å². The first-order valence-corrected chi connectivity index (χ1v) is 6.50. The van der Waals surface area contributed by atoms with Gasteiger partial charge in [0.15, 0.2) is 0 Å². The predicted octanol–water partition coefficient (Wildman–Crippen LogP) is 4.81. The summed E-state index contributed by atoms with van der Waals surface area (Å²) in [6.45, 7) is 0. The Morgan fingerprint density at radius 2 is 1.57 bits per heavy atom. The molecule has 1 nitrogen and oxygen atoms in total. The molecule has 1 atom stereocenters. The molecule has 0 radical (unpaired) electrons. The van der Waals surface area contributed by atoms with Gasteiger partial charge >= 0.3 is 6.18 Å². The maximum absolute atomic E-state index is 13.7. The molecular formula is C15H12ClF4N. The molecule has 112 valence electrons. The van der Waals surface area contributed by atoms with Crippen LogP contribution in [0.15, 0.2) is 42.5 Å². The molecule has 0 fully saturated rings. The van der Waals surface area contributed by atoms with Crippen molar-refractivity contribution in [1.82, 2.24) is 5.32 Å². The van der Waals surface area contributed by atoms with Crippen LogP contribution in [-0.4, -0.2) is 7.05 Å². The summed E-state index contributed by atoms with van der Waals surface area (Å²) in [6.07, 6.45) is -4.70. The SMILES string of the molecule is CNC(c1ccc(Cl)cc1)c1ccc(C(F)(F)F)c(F)c1. The van der Waals surface area contributed by atoms with Crippen LogP contribution in [0.2, 0.25) is 5.02 Å². The quantitative estimate of drug-likeness (QED) is 0.801. The van der Waals surface area contributed by atoms with Crippen molar-refractivity contribution in [3.05, 3.63) is 70.0 Å². The Balaban J connectivity index is 2.40. The minimum Gasteiger partial charge on any atom is -0.309 e. The van der Waals surface area contributed by atoms with Gasteiger partial charge in [-0.2, -0.15) is 13.2 Å². The fraction of sp³-hybridized carbons (Fsp3) is 0.200. The Kier molecular flexibility index (Phi) is 4.54. The first kappa shape index (κ1) is 15.8. The van der Waals surface area contributed by atoms with E-state index in [1.807, 2.05) is 0 Å². The second kappa shape index (κ2) is 6.03. The molecule has 1 unspecified atom stereocenters. The van der Waals surface area contributed by atoms with Crippen molar-refractivity contribution in [3.8, 4) is 0 Å². The summed E-state index contributed by atoms with van der Waals surface area (Å²) in [6, 6.07) is 9.31. The molecule has 1 N–H and O–H groups in total. The topological polar surface area (TPSA) is 12.0 Å². The number of alkyl halides is 3. The maximum Gasteiger partial charge on any atom is 0.419 e. The van der Waals surface area contributed by atoms with Gasteiger partial charge in [0.25, 0.3) is 0 Å². The summed E-state index contributed by atoms with van der Waals surface area (Å²) in [4.78, 5) is 0. The molecule has 0 aliphatic carbocycles. The lowest BCUT2D eigenvalue weighted by molar-refractivity contribution is -0.140. The summed E-state index contributed by atoms with van der Waals surface area (Å²) in [7, 11) is 1.65. The van der Waals surface area contributed by atoms with Gasteiger partial charge in [0.2, 0.25) is 0 Å². The highest BCUT2D eigenvalue weighted by Crippen LogP contribution is 2.33. The zero-order valence-corrected chi connectivity index (χ0v) is 11.8. The van der Waals surface area contributed by atoms with Gasteiger partial charge < -0.3 is 5.32 Å². The maximum atomic E-state index is 13.7. The number of hydrogen-bond donors (Lipinski definition) is 1. The first-order chi connectivity index (χ1) is 9.82. The van der Waals surface area contributed by atoms with Crippen molar-refractivity contribution < 1.29 is 17.6 Å². The van der Waals surface area contributed by atoms with Gasteiger partial charge in [-0.05, 0) is 42.4 Å². The van der Waals surface area contributed by atoms with Crippen molar-refractivity contribution >= 4 is 11.6 Å². The first-order valence-electron chi connectivity index (χ1n) is 6.12. The van der Waals surface area contributed by atoms with Gasteiger partial charge in [0, 0.05) is 5.02 Å². The monoisotopic (exact) mass is 317 g/mol. The molecule has 2 rings (SSSR count). The van der Waals surface area contributed by atoms with E-state index >= 15 is 0 Å². The number of hydrogen-bond acceptors (Lipinski definition) is 1. The van der Waals surface area contributed by atoms with Crippen LogP contribution in [0.25, 0.3) is 0 Å². The van der Waals surface area contributed by atoms with Crippen molar-refractivity contribution in [2.45, 2.75) is 12.2 Å². The minimum absolute atomic E-state index is 0.408. The van der Waals surface area contributed by atoms with Crippen LogP contribution in [-0.2, 0) is 6.18 Å². The van der Waals surface area contributed by atoms with Gasteiger partial charge in [-0.3, -0.25) is 0 Å². The van der Waals surface area contributed by atoms with Gasteiger partial charge in [0.1, 0.15) is 5.82 Å². The van der Waals surface area contributed by atoms with E-state index in [1.165, 1.54) is 6.07 Å². The Labute approximate surface area is 124 Å². The molecule has 2 aromatic carbocycles. The molecule has 0 bridgehead atoms. The number of nitrogens with one attached hydrogen (secondary N) is 1. The molecular weight excluding hydrogens is 306 g/mol. The third kappa shape index (κ3) is 3.54. The Morgan fingerprint density at radius 1 is 1.00 bits per heavy atom. The molecule has 0 heterocycles. The van der Waals surface area contributed by atoms with Crippen molar-refractivity contribution in [3.63, 3.8) is 0 Å². The van der Waals surface area contributed by atoms with Gasteiger partial charge in [-0.25, -0.2) is 4.39 Å². The van der Waals surface area contributed by atoms with Crippen molar-refractivity contribution in [2.75, 3.05) is 7.05 Å². The highest BCUT2D eigenvalue weighted by molar-refractivity contribution is 6.30. The minimum atomic E-state index is -4.70. The standard InChI is InChI=1S/C15H12ClF4N/c1-21-14(9-2-5-11(16)6-3-9)10-4-7-12(13(17)8-10)15(18,19)20/h2-8,14,21H,1H3. The normalized spacial score (nSPS) is 13.2. The fourth-order valence-corrected chi connectivity index (χ4v) is 2.25. The van der Waals surface area contributed by atoms with E-state index in [0.717, 1.165) is 17.7 Å². The second-order valence-electron chi connectivity index (χ2n) is 4.51. The zero-order chi connectivity index (χ0) is 15.6. The summed E-state index contributed by atoms with van der Waals surface area (Å²) in [5.41, 5.74) is -0.0800. The molecule has 0 aliphatic heterocycles. The fourth-order valence-electron chi connectivity index (χ4n) is 2.12. The van der Waals surface area contributed by atoms with Crippen LogP contribution >= 0.6 is 11.6 Å². The Morgan fingerprint density at radius 3 is 2.05 bits per heavy atom. The van der Waals surface area contributed by atoms with Crippen LogP contribution in [0.1, 0.15) is 22.7 Å². The van der Waals surface area contributed by atoms with Crippen molar-refractivity contribution in [1.29, 1.82) is 0 Å². The largest absolute Gasteiger partial charge is 0.419 e. The number of benzene rings is 2. The highest BCUT2D eigenvalue weighted by atomic mass is 35.5. The Hall–Kier alpha value is -1.59. The predicted molar refractivity (Wildman–Crippen MR) is 73.8 cm³/mol. The molecule has 0 saturated carbocycles. The molecule has 0 aromatic heterocycles. The second-order valence-corrected chi connectivity index (χ2v) is 4.95. The average Bonchev–Trinajstić information content (AvgIpc) is 2.40. The summed E-state index contributed by atoms with van der Waals surface area (Å²) >= 11 is 5.80. The summed E-state index contributed by atoms with van der Waals surface area (Å²) < 4.78 is 51.3. The van der Waals surface area contributed by atoms with Crippen LogP contribution in [0.4, 0.5) is 17.6 Å². The number of rotatable bonds is 3. The lowest BCUT2D eigenvalue weighted by Crippen LogP contribution is -2.18. The lowest BCUT2D eigenvalue weighted by Gasteiger charge is -2.18. The van der Waals surface area contributed by atoms with Crippen LogP contribution in [0.3, 0.4) is 0 Å². The summed E-state index contributed by atoms with van der Waals surface area (Å²) in [5.74, 6) is -1.28. The smallest absolute Gasteiger partial charge is 0.309 e. The molecule has 2 aromatic rings. The van der Waals surface area contributed by atoms with E-state index in [2.05, 4.69) is 5.32 Å². The highest BCUT2D eigenvalue weighted by Gasteiger charge is 2.34. The van der Waals surface area contributed by atoms with Gasteiger partial charge in [-0.1, -0.05) is 29.8 Å². The average molecular weight is 318 g/mol. The van der Waals surface area contributed by atoms with Crippen molar-refractivity contribution in [2.24, 2.45) is 0 Å². The molecule has 0 saturated heterocycles. The molecule has 0 aliphatic rings. The molecule has 6 heteroatoms. The van der Waals surface area contributed by atoms with Gasteiger partial charge in [0.05, 0.1) is 11.6 Å². The van der Waals surface area contributed by atoms with E-state index < -0.39 is 23.6 Å². The Bertz CT molecular complexity index is 623. The molecule has 21 heavy (non-hydrogen) atoms. The van der Waals surface area contributed by atoms with E-state index in [9.17, 15) is 17.6 Å². The van der Waals surface area contributed by atoms with Crippen LogP contribution in [0.5, 0.6) is 0 Å².